The van der Waals surface area contributed by atoms with Gasteiger partial charge in [0.1, 0.15) is 5.82 Å². The molecule has 0 unspecified atom stereocenters. The van der Waals surface area contributed by atoms with Crippen LogP contribution in [0, 0.1) is 0 Å². The van der Waals surface area contributed by atoms with Gasteiger partial charge < -0.3 is 10.4 Å². The molecule has 0 spiro atoms. The summed E-state index contributed by atoms with van der Waals surface area (Å²) in [6.45, 7) is 5.18. The Hall–Kier alpha value is -1.09. The molecule has 3 nitrogen and oxygen atoms in total. The van der Waals surface area contributed by atoms with Crippen molar-refractivity contribution in [2.24, 2.45) is 0 Å². The van der Waals surface area contributed by atoms with Crippen LogP contribution >= 0.6 is 0 Å². The number of anilines is 1. The molecule has 0 bridgehead atoms. The highest BCUT2D eigenvalue weighted by Gasteiger charge is 2.00. The van der Waals surface area contributed by atoms with Crippen LogP contribution in [0.4, 0.5) is 5.82 Å². The van der Waals surface area contributed by atoms with Gasteiger partial charge in [0.05, 0.1) is 6.61 Å². The summed E-state index contributed by atoms with van der Waals surface area (Å²) < 4.78 is 0. The van der Waals surface area contributed by atoms with Crippen LogP contribution in [0.5, 0.6) is 0 Å². The van der Waals surface area contributed by atoms with Gasteiger partial charge in [-0.15, -0.1) is 0 Å². The molecule has 1 aromatic rings. The molecule has 1 heterocycles. The first-order valence-corrected chi connectivity index (χ1v) is 5.14. The number of hydrogen-bond donors (Lipinski definition) is 2. The van der Waals surface area contributed by atoms with Crippen molar-refractivity contribution in [1.29, 1.82) is 0 Å². The topological polar surface area (TPSA) is 45.1 Å². The fourth-order valence-corrected chi connectivity index (χ4v) is 1.27. The fourth-order valence-electron chi connectivity index (χ4n) is 1.27. The quantitative estimate of drug-likeness (QED) is 0.753. The summed E-state index contributed by atoms with van der Waals surface area (Å²) in [7, 11) is 0. The lowest BCUT2D eigenvalue weighted by Crippen LogP contribution is -2.04. The first kappa shape index (κ1) is 11.0. The van der Waals surface area contributed by atoms with E-state index in [0.717, 1.165) is 36.5 Å². The predicted molar refractivity (Wildman–Crippen MR) is 58.3 cm³/mol. The lowest BCUT2D eigenvalue weighted by molar-refractivity contribution is 0.281. The molecule has 0 aromatic carbocycles. The van der Waals surface area contributed by atoms with E-state index < -0.39 is 0 Å². The van der Waals surface area contributed by atoms with Gasteiger partial charge >= 0.3 is 0 Å². The van der Waals surface area contributed by atoms with E-state index in [9.17, 15) is 0 Å². The molecule has 0 amide bonds. The highest BCUT2D eigenvalue weighted by atomic mass is 16.3. The van der Waals surface area contributed by atoms with Crippen LogP contribution in [0.25, 0.3) is 0 Å². The smallest absolute Gasteiger partial charge is 0.126 e. The summed E-state index contributed by atoms with van der Waals surface area (Å²) in [6.07, 6.45) is 1.97. The van der Waals surface area contributed by atoms with Gasteiger partial charge in [0.15, 0.2) is 0 Å². The molecule has 1 rings (SSSR count). The third-order valence-corrected chi connectivity index (χ3v) is 2.04. The zero-order chi connectivity index (χ0) is 10.4. The highest BCUT2D eigenvalue weighted by Crippen LogP contribution is 2.11. The molecule has 2 N–H and O–H groups in total. The van der Waals surface area contributed by atoms with Gasteiger partial charge in [0.25, 0.3) is 0 Å². The Kier molecular flexibility index (Phi) is 4.40. The molecule has 0 atom stereocenters. The maximum Gasteiger partial charge on any atom is 0.126 e. The number of aliphatic hydroxyl groups excluding tert-OH is 1. The van der Waals surface area contributed by atoms with Crippen molar-refractivity contribution in [3.8, 4) is 0 Å². The molecule has 0 saturated heterocycles. The van der Waals surface area contributed by atoms with E-state index in [-0.39, 0.29) is 6.61 Å². The third-order valence-electron chi connectivity index (χ3n) is 2.04. The van der Waals surface area contributed by atoms with E-state index in [1.165, 1.54) is 0 Å². The summed E-state index contributed by atoms with van der Waals surface area (Å²) in [5, 5.41) is 12.3. The molecule has 0 fully saturated rings. The minimum absolute atomic E-state index is 0.0797. The van der Waals surface area contributed by atoms with E-state index in [1.807, 2.05) is 12.1 Å². The van der Waals surface area contributed by atoms with E-state index in [0.29, 0.717) is 0 Å². The van der Waals surface area contributed by atoms with Gasteiger partial charge in [0, 0.05) is 12.2 Å². The number of aromatic nitrogens is 1. The van der Waals surface area contributed by atoms with Crippen molar-refractivity contribution in [1.82, 2.24) is 4.98 Å². The van der Waals surface area contributed by atoms with Crippen molar-refractivity contribution >= 4 is 5.82 Å². The fraction of sp³-hybridized carbons (Fsp3) is 0.545. The van der Waals surface area contributed by atoms with Crippen molar-refractivity contribution in [3.05, 3.63) is 23.4 Å². The Bertz CT molecular complexity index is 264. The van der Waals surface area contributed by atoms with E-state index >= 15 is 0 Å². The van der Waals surface area contributed by atoms with Crippen LogP contribution in [0.1, 0.15) is 31.5 Å². The second-order valence-corrected chi connectivity index (χ2v) is 3.29. The highest BCUT2D eigenvalue weighted by molar-refractivity contribution is 5.39. The lowest BCUT2D eigenvalue weighted by Gasteiger charge is -2.07. The molecular weight excluding hydrogens is 176 g/mol. The zero-order valence-corrected chi connectivity index (χ0v) is 8.88. The normalized spacial score (nSPS) is 10.2. The third kappa shape index (κ3) is 3.00. The standard InChI is InChI=1S/C11H18N2O/c1-3-5-12-11-7-9(8-14)6-10(4-2)13-11/h6-7,14H,3-5,8H2,1-2H3,(H,12,13). The summed E-state index contributed by atoms with van der Waals surface area (Å²) >= 11 is 0. The lowest BCUT2D eigenvalue weighted by atomic mass is 10.2. The molecule has 78 valence electrons. The molecule has 3 heteroatoms. The van der Waals surface area contributed by atoms with Crippen LogP contribution in [0.15, 0.2) is 12.1 Å². The van der Waals surface area contributed by atoms with Gasteiger partial charge in [-0.05, 0) is 30.5 Å². The van der Waals surface area contributed by atoms with Crippen LogP contribution in [0.2, 0.25) is 0 Å². The van der Waals surface area contributed by atoms with Crippen molar-refractivity contribution in [2.45, 2.75) is 33.3 Å². The Morgan fingerprint density at radius 1 is 1.36 bits per heavy atom. The number of nitrogens with zero attached hydrogens (tertiary/aromatic N) is 1. The SMILES string of the molecule is CCCNc1cc(CO)cc(CC)n1. The predicted octanol–water partition coefficient (Wildman–Crippen LogP) is 1.96. The second kappa shape index (κ2) is 5.60. The minimum Gasteiger partial charge on any atom is -0.392 e. The maximum atomic E-state index is 9.05. The minimum atomic E-state index is 0.0797. The Balaban J connectivity index is 2.81. The molecule has 0 aliphatic carbocycles. The molecule has 1 aromatic heterocycles. The van der Waals surface area contributed by atoms with E-state index in [4.69, 9.17) is 5.11 Å². The summed E-state index contributed by atoms with van der Waals surface area (Å²) in [6, 6.07) is 3.84. The van der Waals surface area contributed by atoms with Crippen LogP contribution in [0.3, 0.4) is 0 Å². The number of pyridine rings is 1. The van der Waals surface area contributed by atoms with Crippen molar-refractivity contribution in [3.63, 3.8) is 0 Å². The first-order valence-electron chi connectivity index (χ1n) is 5.14. The molecule has 0 aliphatic heterocycles. The zero-order valence-electron chi connectivity index (χ0n) is 8.88. The number of hydrogen-bond acceptors (Lipinski definition) is 3. The number of aryl methyl sites for hydroxylation is 1. The first-order chi connectivity index (χ1) is 6.80. The van der Waals surface area contributed by atoms with Gasteiger partial charge in [-0.1, -0.05) is 13.8 Å². The largest absolute Gasteiger partial charge is 0.392 e. The summed E-state index contributed by atoms with van der Waals surface area (Å²) in [5.41, 5.74) is 1.95. The molecular formula is C11H18N2O. The molecule has 0 aliphatic rings. The Morgan fingerprint density at radius 2 is 2.14 bits per heavy atom. The Labute approximate surface area is 85.2 Å². The number of nitrogens with one attached hydrogen (secondary N) is 1. The van der Waals surface area contributed by atoms with Gasteiger partial charge in [-0.3, -0.25) is 0 Å². The average Bonchev–Trinajstić information content (AvgIpc) is 2.25. The van der Waals surface area contributed by atoms with Crippen LogP contribution in [-0.2, 0) is 13.0 Å². The summed E-state index contributed by atoms with van der Waals surface area (Å²) in [4.78, 5) is 4.42. The van der Waals surface area contributed by atoms with Gasteiger partial charge in [-0.25, -0.2) is 4.98 Å². The van der Waals surface area contributed by atoms with Crippen molar-refractivity contribution in [2.75, 3.05) is 11.9 Å². The van der Waals surface area contributed by atoms with Gasteiger partial charge in [-0.2, -0.15) is 0 Å². The molecule has 14 heavy (non-hydrogen) atoms. The maximum absolute atomic E-state index is 9.05. The molecule has 0 saturated carbocycles. The second-order valence-electron chi connectivity index (χ2n) is 3.29. The Morgan fingerprint density at radius 3 is 2.71 bits per heavy atom. The summed E-state index contributed by atoms with van der Waals surface area (Å²) in [5.74, 6) is 0.871. The van der Waals surface area contributed by atoms with Crippen LogP contribution < -0.4 is 5.32 Å². The average molecular weight is 194 g/mol. The van der Waals surface area contributed by atoms with E-state index in [2.05, 4.69) is 24.1 Å². The number of aliphatic hydroxyl groups is 1. The molecule has 0 radical (unpaired) electrons. The monoisotopic (exact) mass is 194 g/mol. The van der Waals surface area contributed by atoms with Crippen molar-refractivity contribution < 1.29 is 5.11 Å². The van der Waals surface area contributed by atoms with E-state index in [1.54, 1.807) is 0 Å². The number of rotatable bonds is 5. The van der Waals surface area contributed by atoms with Gasteiger partial charge in [0.2, 0.25) is 0 Å². The van der Waals surface area contributed by atoms with Crippen LogP contribution in [-0.4, -0.2) is 16.6 Å².